The molecule has 0 spiro atoms. The van der Waals surface area contributed by atoms with Crippen molar-refractivity contribution in [3.8, 4) is 0 Å². The number of hydrogen-bond acceptors (Lipinski definition) is 3. The van der Waals surface area contributed by atoms with E-state index in [0.717, 1.165) is 12.1 Å². The Morgan fingerprint density at radius 2 is 1.75 bits per heavy atom. The van der Waals surface area contributed by atoms with Crippen LogP contribution in [0.25, 0.3) is 0 Å². The van der Waals surface area contributed by atoms with Crippen LogP contribution in [0.5, 0.6) is 0 Å². The zero-order valence-corrected chi connectivity index (χ0v) is 14.9. The number of piperidine rings is 1. The van der Waals surface area contributed by atoms with Crippen LogP contribution in [-0.2, 0) is 13.1 Å². The third kappa shape index (κ3) is 6.13. The fraction of sp³-hybridized carbons (Fsp3) is 0.632. The van der Waals surface area contributed by atoms with Gasteiger partial charge < -0.3 is 15.7 Å². The molecule has 1 aromatic rings. The Labute approximate surface area is 145 Å². The second kappa shape index (κ2) is 9.64. The molecule has 1 fully saturated rings. The highest BCUT2D eigenvalue weighted by molar-refractivity contribution is 5.74. The first-order valence-corrected chi connectivity index (χ1v) is 9.04. The second-order valence-electron chi connectivity index (χ2n) is 6.93. The van der Waals surface area contributed by atoms with E-state index < -0.39 is 0 Å². The van der Waals surface area contributed by atoms with E-state index in [0.29, 0.717) is 6.54 Å². The number of amides is 2. The van der Waals surface area contributed by atoms with Crippen LogP contribution in [0.4, 0.5) is 4.79 Å². The summed E-state index contributed by atoms with van der Waals surface area (Å²) < 4.78 is 0. The largest absolute Gasteiger partial charge is 0.396 e. The van der Waals surface area contributed by atoms with Crippen LogP contribution in [0.3, 0.4) is 0 Å². The fourth-order valence-corrected chi connectivity index (χ4v) is 2.88. The number of urea groups is 1. The minimum Gasteiger partial charge on any atom is -0.396 e. The smallest absolute Gasteiger partial charge is 0.315 e. The number of carbonyl (C=O) groups is 1. The molecule has 0 aliphatic carbocycles. The Hall–Kier alpha value is -1.59. The number of aliphatic hydroxyl groups is 1. The molecule has 3 N–H and O–H groups in total. The molecule has 2 rings (SSSR count). The van der Waals surface area contributed by atoms with E-state index in [-0.39, 0.29) is 24.6 Å². The van der Waals surface area contributed by atoms with Crippen molar-refractivity contribution in [2.24, 2.45) is 5.92 Å². The lowest BCUT2D eigenvalue weighted by Gasteiger charge is -2.26. The lowest BCUT2D eigenvalue weighted by atomic mass is 10.1. The van der Waals surface area contributed by atoms with Crippen molar-refractivity contribution in [3.05, 3.63) is 35.4 Å². The molecule has 2 unspecified atom stereocenters. The van der Waals surface area contributed by atoms with Gasteiger partial charge in [0.1, 0.15) is 0 Å². The summed E-state index contributed by atoms with van der Waals surface area (Å²) in [7, 11) is 0. The van der Waals surface area contributed by atoms with Crippen molar-refractivity contribution in [3.63, 3.8) is 0 Å². The van der Waals surface area contributed by atoms with Gasteiger partial charge in [-0.15, -0.1) is 0 Å². The molecule has 2 atom stereocenters. The molecule has 2 amide bonds. The van der Waals surface area contributed by atoms with Gasteiger partial charge in [-0.2, -0.15) is 0 Å². The standard InChI is InChI=1S/C19H31N3O2/c1-15(14-23)16(2)21-19(24)20-12-17-6-8-18(9-7-17)13-22-10-4-3-5-11-22/h6-9,15-16,23H,3-5,10-14H2,1-2H3,(H2,20,21,24). The zero-order chi connectivity index (χ0) is 17.4. The normalized spacial score (nSPS) is 18.0. The first-order chi connectivity index (χ1) is 11.6. The molecule has 1 aliphatic heterocycles. The summed E-state index contributed by atoms with van der Waals surface area (Å²) in [5.41, 5.74) is 2.42. The number of benzene rings is 1. The highest BCUT2D eigenvalue weighted by Gasteiger charge is 2.13. The highest BCUT2D eigenvalue weighted by atomic mass is 16.3. The Kier molecular flexibility index (Phi) is 7.53. The highest BCUT2D eigenvalue weighted by Crippen LogP contribution is 2.13. The number of carbonyl (C=O) groups excluding carboxylic acids is 1. The van der Waals surface area contributed by atoms with Crippen molar-refractivity contribution in [1.82, 2.24) is 15.5 Å². The molecule has 0 radical (unpaired) electrons. The van der Waals surface area contributed by atoms with Gasteiger partial charge in [0.25, 0.3) is 0 Å². The third-order valence-electron chi connectivity index (χ3n) is 4.83. The van der Waals surface area contributed by atoms with E-state index in [1.54, 1.807) is 0 Å². The van der Waals surface area contributed by atoms with Crippen molar-refractivity contribution in [2.75, 3.05) is 19.7 Å². The summed E-state index contributed by atoms with van der Waals surface area (Å²) >= 11 is 0. The maximum Gasteiger partial charge on any atom is 0.315 e. The van der Waals surface area contributed by atoms with Crippen LogP contribution < -0.4 is 10.6 Å². The summed E-state index contributed by atoms with van der Waals surface area (Å²) in [6.45, 7) is 7.81. The van der Waals surface area contributed by atoms with E-state index >= 15 is 0 Å². The number of nitrogens with zero attached hydrogens (tertiary/aromatic N) is 1. The zero-order valence-electron chi connectivity index (χ0n) is 14.9. The first-order valence-electron chi connectivity index (χ1n) is 9.04. The molecule has 0 aromatic heterocycles. The number of nitrogens with one attached hydrogen (secondary N) is 2. The van der Waals surface area contributed by atoms with Crippen LogP contribution in [0.2, 0.25) is 0 Å². The Balaban J connectivity index is 1.74. The van der Waals surface area contributed by atoms with Gasteiger partial charge in [-0.05, 0) is 49.9 Å². The van der Waals surface area contributed by atoms with Crippen molar-refractivity contribution in [2.45, 2.75) is 52.2 Å². The maximum atomic E-state index is 11.9. The third-order valence-corrected chi connectivity index (χ3v) is 4.83. The Bertz CT molecular complexity index is 498. The minimum atomic E-state index is -0.194. The maximum absolute atomic E-state index is 11.9. The fourth-order valence-electron chi connectivity index (χ4n) is 2.88. The predicted molar refractivity (Wildman–Crippen MR) is 96.7 cm³/mol. The van der Waals surface area contributed by atoms with Gasteiger partial charge in [0.05, 0.1) is 0 Å². The van der Waals surface area contributed by atoms with Crippen molar-refractivity contribution < 1.29 is 9.90 Å². The van der Waals surface area contributed by atoms with Gasteiger partial charge in [-0.25, -0.2) is 4.79 Å². The van der Waals surface area contributed by atoms with Crippen LogP contribution in [0.1, 0.15) is 44.2 Å². The van der Waals surface area contributed by atoms with Gasteiger partial charge in [-0.3, -0.25) is 4.90 Å². The number of hydrogen-bond donors (Lipinski definition) is 3. The number of likely N-dealkylation sites (tertiary alicyclic amines) is 1. The summed E-state index contributed by atoms with van der Waals surface area (Å²) in [5, 5.41) is 14.8. The molecule has 1 aliphatic rings. The molecule has 1 aromatic carbocycles. The molecule has 0 saturated carbocycles. The van der Waals surface area contributed by atoms with Gasteiger partial charge in [-0.1, -0.05) is 37.6 Å². The first kappa shape index (κ1) is 18.7. The van der Waals surface area contributed by atoms with Gasteiger partial charge in [0.2, 0.25) is 0 Å². The number of rotatable bonds is 7. The quantitative estimate of drug-likeness (QED) is 0.718. The van der Waals surface area contributed by atoms with Gasteiger partial charge in [0, 0.05) is 25.7 Å². The average Bonchev–Trinajstić information content (AvgIpc) is 2.61. The van der Waals surface area contributed by atoms with Crippen LogP contribution >= 0.6 is 0 Å². The molecular weight excluding hydrogens is 302 g/mol. The van der Waals surface area contributed by atoms with Crippen LogP contribution in [0.15, 0.2) is 24.3 Å². The van der Waals surface area contributed by atoms with E-state index in [1.165, 1.54) is 37.9 Å². The predicted octanol–water partition coefficient (Wildman–Crippen LogP) is 2.49. The molecule has 1 heterocycles. The van der Waals surface area contributed by atoms with E-state index in [9.17, 15) is 4.79 Å². The Morgan fingerprint density at radius 3 is 2.38 bits per heavy atom. The van der Waals surface area contributed by atoms with Crippen LogP contribution in [0, 0.1) is 5.92 Å². The van der Waals surface area contributed by atoms with E-state index in [1.807, 2.05) is 13.8 Å². The SMILES string of the molecule is CC(CO)C(C)NC(=O)NCc1ccc(CN2CCCCC2)cc1. The molecule has 24 heavy (non-hydrogen) atoms. The molecule has 134 valence electrons. The second-order valence-corrected chi connectivity index (χ2v) is 6.93. The summed E-state index contributed by atoms with van der Waals surface area (Å²) in [6.07, 6.45) is 3.98. The Morgan fingerprint density at radius 1 is 1.12 bits per heavy atom. The van der Waals surface area contributed by atoms with E-state index in [2.05, 4.69) is 39.8 Å². The molecule has 1 saturated heterocycles. The van der Waals surface area contributed by atoms with Crippen LogP contribution in [-0.4, -0.2) is 41.8 Å². The average molecular weight is 333 g/mol. The monoisotopic (exact) mass is 333 g/mol. The molecule has 5 heteroatoms. The van der Waals surface area contributed by atoms with Crippen molar-refractivity contribution in [1.29, 1.82) is 0 Å². The topological polar surface area (TPSA) is 64.6 Å². The van der Waals surface area contributed by atoms with Gasteiger partial charge >= 0.3 is 6.03 Å². The lowest BCUT2D eigenvalue weighted by molar-refractivity contribution is 0.200. The lowest BCUT2D eigenvalue weighted by Crippen LogP contribution is -2.43. The summed E-state index contributed by atoms with van der Waals surface area (Å²) in [4.78, 5) is 14.4. The summed E-state index contributed by atoms with van der Waals surface area (Å²) in [5.74, 6) is 0.0461. The summed E-state index contributed by atoms with van der Waals surface area (Å²) in [6, 6.07) is 8.22. The minimum absolute atomic E-state index is 0.0461. The molecular formula is C19H31N3O2. The van der Waals surface area contributed by atoms with Crippen molar-refractivity contribution >= 4 is 6.03 Å². The van der Waals surface area contributed by atoms with Gasteiger partial charge in [0.15, 0.2) is 0 Å². The molecule has 5 nitrogen and oxygen atoms in total. The number of aliphatic hydroxyl groups excluding tert-OH is 1. The molecule has 0 bridgehead atoms. The van der Waals surface area contributed by atoms with E-state index in [4.69, 9.17) is 5.11 Å².